The fourth-order valence-corrected chi connectivity index (χ4v) is 5.90. The number of hydrogen-bond donors (Lipinski definition) is 1. The number of fused-ring (bicyclic) bond motifs is 5. The fraction of sp³-hybridized carbons (Fsp3) is 0.346. The maximum Gasteiger partial charge on any atom is 0.335 e. The Morgan fingerprint density at radius 1 is 1.00 bits per heavy atom. The Bertz CT molecular complexity index is 1450. The van der Waals surface area contributed by atoms with Crippen molar-refractivity contribution in [2.45, 2.75) is 45.1 Å². The number of carbonyl (C=O) groups excluding carboxylic acids is 3. The van der Waals surface area contributed by atoms with Gasteiger partial charge in [-0.3, -0.25) is 24.1 Å². The summed E-state index contributed by atoms with van der Waals surface area (Å²) in [4.78, 5) is 62.4. The van der Waals surface area contributed by atoms with Gasteiger partial charge < -0.3 is 4.90 Å². The standard InChI is InChI=1S/C26H25N5O4/c1-16-9-8-14-30-20(16)27-21-18(22(30)32)15-26(19-12-6-3-7-13-29(19)21)23(33)28-25(35)31(24(26)34)17-10-4-2-5-11-17/h2,4-5,8-11,14,19H,3,6-7,12-13,15H2,1H3,(H,28,33,35)/t19-,26-/m0/s1. The molecule has 0 unspecified atom stereocenters. The van der Waals surface area contributed by atoms with Gasteiger partial charge in [-0.25, -0.2) is 14.7 Å². The summed E-state index contributed by atoms with van der Waals surface area (Å²) < 4.78 is 1.48. The first-order valence-corrected chi connectivity index (χ1v) is 12.0. The van der Waals surface area contributed by atoms with Crippen molar-refractivity contribution in [1.29, 1.82) is 0 Å². The molecule has 0 saturated carbocycles. The van der Waals surface area contributed by atoms with Crippen LogP contribution in [-0.2, 0) is 16.0 Å². The Hall–Kier alpha value is -4.01. The third-order valence-corrected chi connectivity index (χ3v) is 7.60. The topological polar surface area (TPSA) is 104 Å². The van der Waals surface area contributed by atoms with Gasteiger partial charge in [-0.15, -0.1) is 0 Å². The van der Waals surface area contributed by atoms with E-state index in [-0.39, 0.29) is 12.0 Å². The van der Waals surface area contributed by atoms with Crippen LogP contribution in [0.25, 0.3) is 5.65 Å². The largest absolute Gasteiger partial charge is 0.352 e. The van der Waals surface area contributed by atoms with Crippen LogP contribution in [0.2, 0.25) is 0 Å². The zero-order valence-corrected chi connectivity index (χ0v) is 19.4. The number of barbiturate groups is 1. The molecule has 0 bridgehead atoms. The molecule has 6 rings (SSSR count). The Morgan fingerprint density at radius 3 is 2.60 bits per heavy atom. The van der Waals surface area contributed by atoms with Crippen LogP contribution in [0.3, 0.4) is 0 Å². The van der Waals surface area contributed by atoms with Gasteiger partial charge in [-0.1, -0.05) is 37.1 Å². The highest BCUT2D eigenvalue weighted by molar-refractivity contribution is 6.30. The lowest BCUT2D eigenvalue weighted by molar-refractivity contribution is -0.144. The van der Waals surface area contributed by atoms with E-state index in [0.717, 1.165) is 29.7 Å². The molecule has 9 heteroatoms. The summed E-state index contributed by atoms with van der Waals surface area (Å²) in [5.41, 5.74) is 0.246. The number of urea groups is 1. The van der Waals surface area contributed by atoms with Crippen molar-refractivity contribution in [1.82, 2.24) is 14.7 Å². The minimum Gasteiger partial charge on any atom is -0.352 e. The molecule has 1 N–H and O–H groups in total. The second kappa shape index (κ2) is 7.76. The number of carbonyl (C=O) groups is 3. The molecule has 3 aliphatic rings. The highest BCUT2D eigenvalue weighted by Gasteiger charge is 2.63. The molecule has 0 aliphatic carbocycles. The van der Waals surface area contributed by atoms with E-state index in [4.69, 9.17) is 4.98 Å². The monoisotopic (exact) mass is 471 g/mol. The van der Waals surface area contributed by atoms with Crippen LogP contribution in [0, 0.1) is 12.3 Å². The molecule has 178 valence electrons. The number of imide groups is 2. The number of aryl methyl sites for hydroxylation is 1. The molecule has 3 aromatic rings. The van der Waals surface area contributed by atoms with Crippen molar-refractivity contribution in [3.8, 4) is 0 Å². The molecule has 4 amide bonds. The summed E-state index contributed by atoms with van der Waals surface area (Å²) in [5.74, 6) is -0.685. The minimum absolute atomic E-state index is 0.104. The van der Waals surface area contributed by atoms with E-state index in [0.29, 0.717) is 35.7 Å². The predicted molar refractivity (Wildman–Crippen MR) is 129 cm³/mol. The van der Waals surface area contributed by atoms with E-state index in [1.807, 2.05) is 17.9 Å². The predicted octanol–water partition coefficient (Wildman–Crippen LogP) is 2.58. The van der Waals surface area contributed by atoms with Crippen molar-refractivity contribution in [3.05, 3.63) is 70.1 Å². The van der Waals surface area contributed by atoms with Crippen LogP contribution < -0.4 is 20.7 Å². The van der Waals surface area contributed by atoms with Gasteiger partial charge in [0.05, 0.1) is 17.3 Å². The Kier molecular flexibility index (Phi) is 4.77. The number of anilines is 2. The Balaban J connectivity index is 1.60. The van der Waals surface area contributed by atoms with Crippen LogP contribution in [0.5, 0.6) is 0 Å². The summed E-state index contributed by atoms with van der Waals surface area (Å²) in [7, 11) is 0. The zero-order valence-electron chi connectivity index (χ0n) is 19.4. The van der Waals surface area contributed by atoms with Gasteiger partial charge in [0.2, 0.25) is 5.91 Å². The van der Waals surface area contributed by atoms with Crippen LogP contribution >= 0.6 is 0 Å². The first-order valence-electron chi connectivity index (χ1n) is 12.0. The van der Waals surface area contributed by atoms with Crippen molar-refractivity contribution in [2.75, 3.05) is 16.3 Å². The third-order valence-electron chi connectivity index (χ3n) is 7.60. The summed E-state index contributed by atoms with van der Waals surface area (Å²) >= 11 is 0. The van der Waals surface area contributed by atoms with Gasteiger partial charge in [0.1, 0.15) is 11.5 Å². The van der Waals surface area contributed by atoms with Crippen LogP contribution in [0.15, 0.2) is 53.5 Å². The highest BCUT2D eigenvalue weighted by atomic mass is 16.2. The summed E-state index contributed by atoms with van der Waals surface area (Å²) in [6, 6.07) is 11.0. The smallest absolute Gasteiger partial charge is 0.335 e. The molecule has 2 atom stereocenters. The summed E-state index contributed by atoms with van der Waals surface area (Å²) in [6.45, 7) is 2.48. The second-order valence-electron chi connectivity index (χ2n) is 9.55. The lowest BCUT2D eigenvalue weighted by atomic mass is 9.68. The van der Waals surface area contributed by atoms with Crippen molar-refractivity contribution >= 4 is 35.0 Å². The lowest BCUT2D eigenvalue weighted by Crippen LogP contribution is -2.72. The molecule has 1 aromatic carbocycles. The number of nitrogens with zero attached hydrogens (tertiary/aromatic N) is 4. The molecule has 3 aliphatic heterocycles. The van der Waals surface area contributed by atoms with Crippen LogP contribution in [-0.4, -0.2) is 39.8 Å². The minimum atomic E-state index is -1.61. The first kappa shape index (κ1) is 21.5. The maximum absolute atomic E-state index is 14.2. The van der Waals surface area contributed by atoms with Gasteiger partial charge >= 0.3 is 6.03 Å². The molecular weight excluding hydrogens is 446 g/mol. The van der Waals surface area contributed by atoms with E-state index >= 15 is 0 Å². The molecule has 5 heterocycles. The SMILES string of the molecule is Cc1cccn2c(=O)c3c(nc12)N1CCCCC[C@H]1[C@@]1(C3)C(=O)NC(=O)N(c2ccccc2)C1=O. The molecule has 9 nitrogen and oxygen atoms in total. The van der Waals surface area contributed by atoms with E-state index in [9.17, 15) is 19.2 Å². The summed E-state index contributed by atoms with van der Waals surface area (Å²) in [6.07, 6.45) is 4.78. The van der Waals surface area contributed by atoms with E-state index < -0.39 is 29.3 Å². The molecule has 0 radical (unpaired) electrons. The van der Waals surface area contributed by atoms with Gasteiger partial charge in [0.25, 0.3) is 11.5 Å². The number of amides is 4. The third kappa shape index (κ3) is 2.97. The number of hydrogen-bond acceptors (Lipinski definition) is 6. The quantitative estimate of drug-likeness (QED) is 0.547. The van der Waals surface area contributed by atoms with Crippen molar-refractivity contribution in [2.24, 2.45) is 5.41 Å². The lowest BCUT2D eigenvalue weighted by Gasteiger charge is -2.50. The summed E-state index contributed by atoms with van der Waals surface area (Å²) in [5, 5.41) is 2.44. The second-order valence-corrected chi connectivity index (χ2v) is 9.55. The fourth-order valence-electron chi connectivity index (χ4n) is 5.90. The maximum atomic E-state index is 14.2. The molecular formula is C26H25N5O4. The van der Waals surface area contributed by atoms with Gasteiger partial charge in [0.15, 0.2) is 5.41 Å². The molecule has 2 fully saturated rings. The van der Waals surface area contributed by atoms with Gasteiger partial charge in [0, 0.05) is 19.2 Å². The molecule has 2 aromatic heterocycles. The molecule has 2 saturated heterocycles. The zero-order chi connectivity index (χ0) is 24.3. The number of nitrogens with one attached hydrogen (secondary N) is 1. The van der Waals surface area contributed by atoms with E-state index in [1.165, 1.54) is 4.40 Å². The molecule has 35 heavy (non-hydrogen) atoms. The average Bonchev–Trinajstić information content (AvgIpc) is 3.11. The average molecular weight is 472 g/mol. The number of para-hydroxylation sites is 1. The van der Waals surface area contributed by atoms with E-state index in [1.54, 1.807) is 42.6 Å². The van der Waals surface area contributed by atoms with Gasteiger partial charge in [-0.05, 0) is 43.5 Å². The Morgan fingerprint density at radius 2 is 1.80 bits per heavy atom. The van der Waals surface area contributed by atoms with Gasteiger partial charge in [-0.2, -0.15) is 0 Å². The van der Waals surface area contributed by atoms with Crippen LogP contribution in [0.1, 0.15) is 36.8 Å². The number of pyridine rings is 1. The van der Waals surface area contributed by atoms with Crippen LogP contribution in [0.4, 0.5) is 16.3 Å². The normalized spacial score (nSPS) is 24.3. The number of aromatic nitrogens is 2. The highest BCUT2D eigenvalue weighted by Crippen LogP contribution is 2.46. The number of benzene rings is 1. The Labute approximate surface area is 201 Å². The van der Waals surface area contributed by atoms with Crippen molar-refractivity contribution < 1.29 is 14.4 Å². The molecule has 1 spiro atoms. The van der Waals surface area contributed by atoms with E-state index in [2.05, 4.69) is 5.32 Å². The first-order chi connectivity index (χ1) is 16.9. The number of rotatable bonds is 1. The van der Waals surface area contributed by atoms with Crippen molar-refractivity contribution in [3.63, 3.8) is 0 Å².